The monoisotopic (exact) mass is 309 g/mol. The van der Waals surface area contributed by atoms with Crippen LogP contribution >= 0.6 is 0 Å². The molecule has 2 heterocycles. The number of nitrogens with one attached hydrogen (secondary N) is 1. The van der Waals surface area contributed by atoms with Gasteiger partial charge in [-0.2, -0.15) is 0 Å². The second kappa shape index (κ2) is 8.31. The summed E-state index contributed by atoms with van der Waals surface area (Å²) in [5, 5.41) is 3.23. The number of hydrogen-bond acceptors (Lipinski definition) is 6. The minimum absolute atomic E-state index is 0.432. The quantitative estimate of drug-likeness (QED) is 0.578. The van der Waals surface area contributed by atoms with E-state index in [4.69, 9.17) is 9.15 Å². The molecule has 2 rings (SSSR count). The first-order valence-electron chi connectivity index (χ1n) is 7.92. The Labute approximate surface area is 132 Å². The van der Waals surface area contributed by atoms with Crippen molar-refractivity contribution in [2.24, 2.45) is 0 Å². The van der Waals surface area contributed by atoms with E-state index in [1.165, 1.54) is 0 Å². The highest BCUT2D eigenvalue weighted by molar-refractivity contribution is 5.81. The van der Waals surface area contributed by atoms with E-state index in [1.807, 2.05) is 6.07 Å². The van der Waals surface area contributed by atoms with Gasteiger partial charge in [0.15, 0.2) is 12.0 Å². The number of ether oxygens (including phenoxy) is 1. The Morgan fingerprint density at radius 2 is 2.09 bits per heavy atom. The lowest BCUT2D eigenvalue weighted by Gasteiger charge is -2.37. The van der Waals surface area contributed by atoms with Crippen LogP contribution < -0.4 is 10.2 Å². The molecule has 0 unspecified atom stereocenters. The minimum atomic E-state index is 0.432. The van der Waals surface area contributed by atoms with Crippen molar-refractivity contribution in [3.05, 3.63) is 17.6 Å². The van der Waals surface area contributed by atoms with Gasteiger partial charge < -0.3 is 19.4 Å². The second-order valence-electron chi connectivity index (χ2n) is 5.87. The Hall–Kier alpha value is -1.37. The Kier molecular flexibility index (Phi) is 6.42. The van der Waals surface area contributed by atoms with E-state index in [1.54, 1.807) is 7.11 Å². The molecule has 0 radical (unpaired) electrons. The summed E-state index contributed by atoms with van der Waals surface area (Å²) in [5.41, 5.74) is 0.918. The molecule has 1 N–H and O–H groups in total. The topological polar surface area (TPSA) is 58.0 Å². The van der Waals surface area contributed by atoms with Crippen LogP contribution in [0, 0.1) is 0 Å². The van der Waals surface area contributed by atoms with Gasteiger partial charge in [-0.25, -0.2) is 0 Å². The summed E-state index contributed by atoms with van der Waals surface area (Å²) in [7, 11) is 1.67. The maximum Gasteiger partial charge on any atom is 0.190 e. The number of carbonyl (C=O) groups is 1. The number of anilines is 1. The van der Waals surface area contributed by atoms with Crippen LogP contribution in [-0.2, 0) is 11.3 Å². The van der Waals surface area contributed by atoms with Gasteiger partial charge >= 0.3 is 0 Å². The lowest BCUT2D eigenvalue weighted by atomic mass is 10.2. The summed E-state index contributed by atoms with van der Waals surface area (Å²) >= 11 is 0. The number of rotatable bonds is 8. The first-order chi connectivity index (χ1) is 10.7. The fourth-order valence-corrected chi connectivity index (χ4v) is 2.73. The lowest BCUT2D eigenvalue weighted by molar-refractivity contribution is 0.109. The summed E-state index contributed by atoms with van der Waals surface area (Å²) in [5.74, 6) is 1.22. The molecule has 0 spiro atoms. The minimum Gasteiger partial charge on any atom is -0.455 e. The molecule has 0 aliphatic carbocycles. The van der Waals surface area contributed by atoms with Crippen molar-refractivity contribution in [3.63, 3.8) is 0 Å². The Balaban J connectivity index is 1.95. The van der Waals surface area contributed by atoms with Gasteiger partial charge in [0.25, 0.3) is 0 Å². The molecule has 1 aliphatic heterocycles. The van der Waals surface area contributed by atoms with Crippen molar-refractivity contribution in [3.8, 4) is 0 Å². The molecule has 0 saturated carbocycles. The van der Waals surface area contributed by atoms with E-state index in [0.717, 1.165) is 50.5 Å². The molecule has 1 saturated heterocycles. The molecule has 6 nitrogen and oxygen atoms in total. The second-order valence-corrected chi connectivity index (χ2v) is 5.87. The van der Waals surface area contributed by atoms with Crippen LogP contribution in [-0.4, -0.2) is 63.7 Å². The van der Waals surface area contributed by atoms with E-state index in [2.05, 4.69) is 29.0 Å². The largest absolute Gasteiger partial charge is 0.455 e. The number of methoxy groups -OCH3 is 1. The molecule has 1 aromatic rings. The molecular weight excluding hydrogens is 282 g/mol. The molecule has 1 aliphatic rings. The van der Waals surface area contributed by atoms with Crippen LogP contribution in [0.1, 0.15) is 30.2 Å². The van der Waals surface area contributed by atoms with Crippen molar-refractivity contribution in [1.82, 2.24) is 10.2 Å². The van der Waals surface area contributed by atoms with Crippen molar-refractivity contribution in [1.29, 1.82) is 0 Å². The van der Waals surface area contributed by atoms with Gasteiger partial charge in [0.1, 0.15) is 5.76 Å². The van der Waals surface area contributed by atoms with Crippen molar-refractivity contribution >= 4 is 12.0 Å². The Morgan fingerprint density at radius 3 is 2.68 bits per heavy atom. The molecule has 22 heavy (non-hydrogen) atoms. The average Bonchev–Trinajstić information content (AvgIpc) is 2.95. The molecule has 1 aromatic heterocycles. The summed E-state index contributed by atoms with van der Waals surface area (Å²) in [6.45, 7) is 10.3. The standard InChI is InChI=1S/C16H27N3O3/c1-13(2)18-5-7-19(8-6-18)15-10-14(22-16(15)12-20)11-17-4-9-21-3/h10,12-13,17H,4-9,11H2,1-3H3. The fourth-order valence-electron chi connectivity index (χ4n) is 2.73. The van der Waals surface area contributed by atoms with Crippen LogP contribution in [0.3, 0.4) is 0 Å². The van der Waals surface area contributed by atoms with Gasteiger partial charge in [-0.3, -0.25) is 9.69 Å². The summed E-state index contributed by atoms with van der Waals surface area (Å²) in [4.78, 5) is 16.0. The fraction of sp³-hybridized carbons (Fsp3) is 0.688. The lowest BCUT2D eigenvalue weighted by Crippen LogP contribution is -2.49. The molecule has 1 fully saturated rings. The Bertz CT molecular complexity index is 465. The molecule has 0 bridgehead atoms. The van der Waals surface area contributed by atoms with Crippen LogP contribution in [0.5, 0.6) is 0 Å². The van der Waals surface area contributed by atoms with Gasteiger partial charge in [0.2, 0.25) is 0 Å². The SMILES string of the molecule is COCCNCc1cc(N2CCN(C(C)C)CC2)c(C=O)o1. The number of piperazine rings is 1. The van der Waals surface area contributed by atoms with Crippen molar-refractivity contribution < 1.29 is 13.9 Å². The van der Waals surface area contributed by atoms with Gasteiger partial charge in [-0.1, -0.05) is 0 Å². The third-order valence-electron chi connectivity index (χ3n) is 4.07. The predicted octanol–water partition coefficient (Wildman–Crippen LogP) is 1.36. The van der Waals surface area contributed by atoms with E-state index >= 15 is 0 Å². The van der Waals surface area contributed by atoms with E-state index in [-0.39, 0.29) is 0 Å². The van der Waals surface area contributed by atoms with Crippen LogP contribution in [0.4, 0.5) is 5.69 Å². The van der Waals surface area contributed by atoms with Crippen LogP contribution in [0.15, 0.2) is 10.5 Å². The van der Waals surface area contributed by atoms with Crippen LogP contribution in [0.25, 0.3) is 0 Å². The molecule has 6 heteroatoms. The zero-order valence-electron chi connectivity index (χ0n) is 13.8. The number of nitrogens with zero attached hydrogens (tertiary/aromatic N) is 2. The van der Waals surface area contributed by atoms with E-state index < -0.39 is 0 Å². The van der Waals surface area contributed by atoms with Gasteiger partial charge in [-0.15, -0.1) is 0 Å². The molecular formula is C16H27N3O3. The molecule has 0 amide bonds. The Morgan fingerprint density at radius 1 is 1.36 bits per heavy atom. The highest BCUT2D eigenvalue weighted by atomic mass is 16.5. The van der Waals surface area contributed by atoms with Crippen molar-refractivity contribution in [2.75, 3.05) is 51.3 Å². The smallest absolute Gasteiger partial charge is 0.190 e. The maximum absolute atomic E-state index is 11.3. The number of hydrogen-bond donors (Lipinski definition) is 1. The first-order valence-corrected chi connectivity index (χ1v) is 7.92. The third-order valence-corrected chi connectivity index (χ3v) is 4.07. The van der Waals surface area contributed by atoms with Gasteiger partial charge in [0.05, 0.1) is 18.8 Å². The highest BCUT2D eigenvalue weighted by Gasteiger charge is 2.23. The molecule has 0 atom stereocenters. The zero-order chi connectivity index (χ0) is 15.9. The van der Waals surface area contributed by atoms with Crippen LogP contribution in [0.2, 0.25) is 0 Å². The summed E-state index contributed by atoms with van der Waals surface area (Å²) in [6, 6.07) is 2.55. The zero-order valence-corrected chi connectivity index (χ0v) is 13.8. The maximum atomic E-state index is 11.3. The molecule has 0 aromatic carbocycles. The van der Waals surface area contributed by atoms with Gasteiger partial charge in [0, 0.05) is 51.9 Å². The predicted molar refractivity (Wildman–Crippen MR) is 86.6 cm³/mol. The third kappa shape index (κ3) is 4.32. The summed E-state index contributed by atoms with van der Waals surface area (Å²) < 4.78 is 10.6. The number of furan rings is 1. The highest BCUT2D eigenvalue weighted by Crippen LogP contribution is 2.25. The van der Waals surface area contributed by atoms with E-state index in [9.17, 15) is 4.79 Å². The summed E-state index contributed by atoms with van der Waals surface area (Å²) in [6.07, 6.45) is 0.808. The van der Waals surface area contributed by atoms with Crippen molar-refractivity contribution in [2.45, 2.75) is 26.4 Å². The first kappa shape index (κ1) is 17.0. The average molecular weight is 309 g/mol. The molecule has 124 valence electrons. The van der Waals surface area contributed by atoms with Gasteiger partial charge in [-0.05, 0) is 13.8 Å². The van der Waals surface area contributed by atoms with E-state index in [0.29, 0.717) is 25.0 Å². The number of aldehydes is 1. The normalized spacial score (nSPS) is 16.5. The number of carbonyl (C=O) groups excluding carboxylic acids is 1.